The number of hydrogen-bond acceptors (Lipinski definition) is 2. The zero-order valence-electron chi connectivity index (χ0n) is 9.71. The van der Waals surface area contributed by atoms with Crippen LogP contribution in [0.1, 0.15) is 25.3 Å². The highest BCUT2D eigenvalue weighted by atomic mass is 32.2. The Bertz CT molecular complexity index is 329. The summed E-state index contributed by atoms with van der Waals surface area (Å²) >= 11 is 1.80. The Hall–Kier alpha value is -0.470. The van der Waals surface area contributed by atoms with E-state index in [1.807, 2.05) is 0 Å². The molecule has 0 amide bonds. The maximum Gasteiger partial charge on any atom is 0.00693 e. The molecule has 1 heterocycles. The maximum atomic E-state index is 3.48. The Balaban J connectivity index is 2.22. The van der Waals surface area contributed by atoms with Gasteiger partial charge in [0.15, 0.2) is 0 Å². The van der Waals surface area contributed by atoms with E-state index in [0.29, 0.717) is 11.3 Å². The molecule has 0 radical (unpaired) electrons. The standard InChI is InChI=1S/C13H19NS/c1-13(2)9-14-8-12(13)10-4-6-11(15-3)7-5-10/h4-7,12,14H,8-9H2,1-3H3/t12-/m1/s1. The van der Waals surface area contributed by atoms with Crippen LogP contribution < -0.4 is 5.32 Å². The van der Waals surface area contributed by atoms with Gasteiger partial charge in [0.25, 0.3) is 0 Å². The van der Waals surface area contributed by atoms with Crippen LogP contribution >= 0.6 is 11.8 Å². The minimum Gasteiger partial charge on any atom is -0.316 e. The molecule has 1 aliphatic heterocycles. The third-order valence-corrected chi connectivity index (χ3v) is 4.13. The van der Waals surface area contributed by atoms with Gasteiger partial charge >= 0.3 is 0 Å². The highest BCUT2D eigenvalue weighted by molar-refractivity contribution is 7.98. The summed E-state index contributed by atoms with van der Waals surface area (Å²) in [4.78, 5) is 1.35. The fourth-order valence-corrected chi connectivity index (χ4v) is 2.75. The summed E-state index contributed by atoms with van der Waals surface area (Å²) in [5.41, 5.74) is 1.86. The molecule has 1 aromatic rings. The molecule has 15 heavy (non-hydrogen) atoms. The summed E-state index contributed by atoms with van der Waals surface area (Å²) in [6, 6.07) is 9.03. The lowest BCUT2D eigenvalue weighted by Crippen LogP contribution is -2.20. The Morgan fingerprint density at radius 2 is 1.93 bits per heavy atom. The maximum absolute atomic E-state index is 3.48. The van der Waals surface area contributed by atoms with Crippen LogP contribution in [0, 0.1) is 5.41 Å². The smallest absolute Gasteiger partial charge is 0.00693 e. The lowest BCUT2D eigenvalue weighted by Gasteiger charge is -2.26. The third-order valence-electron chi connectivity index (χ3n) is 3.39. The van der Waals surface area contributed by atoms with Crippen molar-refractivity contribution in [2.75, 3.05) is 19.3 Å². The van der Waals surface area contributed by atoms with E-state index in [1.54, 1.807) is 11.8 Å². The predicted molar refractivity (Wildman–Crippen MR) is 67.6 cm³/mol. The molecular weight excluding hydrogens is 202 g/mol. The summed E-state index contributed by atoms with van der Waals surface area (Å²) in [6.07, 6.45) is 2.12. The molecule has 1 atom stereocenters. The molecule has 0 spiro atoms. The van der Waals surface area contributed by atoms with Crippen molar-refractivity contribution in [2.45, 2.75) is 24.7 Å². The average molecular weight is 221 g/mol. The molecule has 1 fully saturated rings. The van der Waals surface area contributed by atoms with E-state index in [4.69, 9.17) is 0 Å². The molecule has 0 saturated carbocycles. The minimum atomic E-state index is 0.390. The molecule has 1 saturated heterocycles. The van der Waals surface area contributed by atoms with Crippen molar-refractivity contribution in [3.05, 3.63) is 29.8 Å². The van der Waals surface area contributed by atoms with Crippen LogP contribution in [0.15, 0.2) is 29.2 Å². The normalized spacial score (nSPS) is 24.3. The first kappa shape index (κ1) is 11.0. The van der Waals surface area contributed by atoms with E-state index in [2.05, 4.69) is 49.7 Å². The molecular formula is C13H19NS. The fraction of sp³-hybridized carbons (Fsp3) is 0.538. The summed E-state index contributed by atoms with van der Waals surface area (Å²) in [7, 11) is 0. The van der Waals surface area contributed by atoms with Crippen molar-refractivity contribution >= 4 is 11.8 Å². The zero-order valence-corrected chi connectivity index (χ0v) is 10.5. The van der Waals surface area contributed by atoms with Gasteiger partial charge in [-0.2, -0.15) is 0 Å². The molecule has 0 unspecified atom stereocenters. The van der Waals surface area contributed by atoms with E-state index < -0.39 is 0 Å². The molecule has 0 bridgehead atoms. The summed E-state index contributed by atoms with van der Waals surface area (Å²) in [6.45, 7) is 6.94. The second-order valence-electron chi connectivity index (χ2n) is 4.95. The van der Waals surface area contributed by atoms with Crippen LogP contribution in [-0.2, 0) is 0 Å². The van der Waals surface area contributed by atoms with E-state index in [0.717, 1.165) is 13.1 Å². The zero-order chi connectivity index (χ0) is 10.9. The Kier molecular flexibility index (Phi) is 3.08. The van der Waals surface area contributed by atoms with Gasteiger partial charge in [-0.3, -0.25) is 0 Å². The second kappa shape index (κ2) is 4.18. The first-order valence-electron chi connectivity index (χ1n) is 5.48. The quantitative estimate of drug-likeness (QED) is 0.770. The highest BCUT2D eigenvalue weighted by Crippen LogP contribution is 2.38. The number of nitrogens with one attached hydrogen (secondary N) is 1. The molecule has 1 aliphatic rings. The van der Waals surface area contributed by atoms with E-state index in [9.17, 15) is 0 Å². The van der Waals surface area contributed by atoms with Crippen LogP contribution in [0.5, 0.6) is 0 Å². The van der Waals surface area contributed by atoms with Crippen LogP contribution in [0.4, 0.5) is 0 Å². The van der Waals surface area contributed by atoms with Crippen LogP contribution in [0.2, 0.25) is 0 Å². The number of benzene rings is 1. The van der Waals surface area contributed by atoms with Crippen molar-refractivity contribution in [3.8, 4) is 0 Å². The lowest BCUT2D eigenvalue weighted by molar-refractivity contribution is 0.363. The molecule has 0 aromatic heterocycles. The molecule has 2 rings (SSSR count). The van der Waals surface area contributed by atoms with Crippen LogP contribution in [-0.4, -0.2) is 19.3 Å². The van der Waals surface area contributed by atoms with Gasteiger partial charge in [0.05, 0.1) is 0 Å². The summed E-state index contributed by atoms with van der Waals surface area (Å²) in [5.74, 6) is 0.661. The monoisotopic (exact) mass is 221 g/mol. The molecule has 0 aliphatic carbocycles. The lowest BCUT2D eigenvalue weighted by atomic mass is 9.78. The topological polar surface area (TPSA) is 12.0 Å². The Morgan fingerprint density at radius 1 is 1.27 bits per heavy atom. The molecule has 2 heteroatoms. The van der Waals surface area contributed by atoms with Crippen molar-refractivity contribution in [2.24, 2.45) is 5.41 Å². The molecule has 1 aromatic carbocycles. The van der Waals surface area contributed by atoms with E-state index in [1.165, 1.54) is 10.5 Å². The van der Waals surface area contributed by atoms with Gasteiger partial charge in [-0.15, -0.1) is 11.8 Å². The van der Waals surface area contributed by atoms with E-state index in [-0.39, 0.29) is 0 Å². The SMILES string of the molecule is CSc1ccc([C@H]2CNCC2(C)C)cc1. The third kappa shape index (κ3) is 2.21. The van der Waals surface area contributed by atoms with Crippen LogP contribution in [0.3, 0.4) is 0 Å². The minimum absolute atomic E-state index is 0.390. The first-order chi connectivity index (χ1) is 7.13. The summed E-state index contributed by atoms with van der Waals surface area (Å²) < 4.78 is 0. The van der Waals surface area contributed by atoms with Crippen molar-refractivity contribution in [1.82, 2.24) is 5.32 Å². The van der Waals surface area contributed by atoms with Crippen molar-refractivity contribution in [1.29, 1.82) is 0 Å². The van der Waals surface area contributed by atoms with Gasteiger partial charge in [0.2, 0.25) is 0 Å². The first-order valence-corrected chi connectivity index (χ1v) is 6.70. The molecule has 82 valence electrons. The van der Waals surface area contributed by atoms with Gasteiger partial charge in [0, 0.05) is 23.9 Å². The molecule has 1 N–H and O–H groups in total. The number of thioether (sulfide) groups is 1. The van der Waals surface area contributed by atoms with Gasteiger partial charge < -0.3 is 5.32 Å². The van der Waals surface area contributed by atoms with Gasteiger partial charge in [-0.05, 0) is 29.4 Å². The van der Waals surface area contributed by atoms with Crippen LogP contribution in [0.25, 0.3) is 0 Å². The number of rotatable bonds is 2. The van der Waals surface area contributed by atoms with E-state index >= 15 is 0 Å². The number of hydrogen-bond donors (Lipinski definition) is 1. The predicted octanol–water partition coefficient (Wildman–Crippen LogP) is 3.12. The van der Waals surface area contributed by atoms with Gasteiger partial charge in [0.1, 0.15) is 0 Å². The Labute approximate surface area is 96.7 Å². The van der Waals surface area contributed by atoms with Crippen molar-refractivity contribution in [3.63, 3.8) is 0 Å². The van der Waals surface area contributed by atoms with Crippen molar-refractivity contribution < 1.29 is 0 Å². The van der Waals surface area contributed by atoms with Gasteiger partial charge in [-0.1, -0.05) is 26.0 Å². The fourth-order valence-electron chi connectivity index (χ4n) is 2.34. The Morgan fingerprint density at radius 3 is 2.40 bits per heavy atom. The largest absolute Gasteiger partial charge is 0.316 e. The molecule has 1 nitrogen and oxygen atoms in total. The second-order valence-corrected chi connectivity index (χ2v) is 5.82. The van der Waals surface area contributed by atoms with Gasteiger partial charge in [-0.25, -0.2) is 0 Å². The highest BCUT2D eigenvalue weighted by Gasteiger charge is 2.35. The summed E-state index contributed by atoms with van der Waals surface area (Å²) in [5, 5.41) is 3.48. The average Bonchev–Trinajstić information content (AvgIpc) is 2.58.